The summed E-state index contributed by atoms with van der Waals surface area (Å²) in [7, 11) is -1.68. The zero-order valence-electron chi connectivity index (χ0n) is 26.5. The minimum atomic E-state index is -1.68. The highest BCUT2D eigenvalue weighted by atomic mass is 31.2. The molecule has 2 aromatic heterocycles. The van der Waals surface area contributed by atoms with E-state index in [4.69, 9.17) is 28.2 Å². The van der Waals surface area contributed by atoms with Crippen LogP contribution in [0.3, 0.4) is 0 Å². The van der Waals surface area contributed by atoms with Crippen LogP contribution in [0.25, 0.3) is 11.2 Å². The zero-order valence-corrected chi connectivity index (χ0v) is 27.4. The number of para-hydroxylation sites is 1. The molecule has 0 amide bonds. The van der Waals surface area contributed by atoms with Crippen molar-refractivity contribution in [2.75, 3.05) is 25.1 Å². The van der Waals surface area contributed by atoms with Crippen LogP contribution < -0.4 is 19.7 Å². The smallest absolute Gasteiger partial charge is 0.323 e. The molecule has 1 saturated carbocycles. The molecule has 2 N–H and O–H groups in total. The fourth-order valence-corrected chi connectivity index (χ4v) is 6.00. The summed E-state index contributed by atoms with van der Waals surface area (Å²) in [4.78, 5) is 26.6. The fraction of sp³-hybridized carbons (Fsp3) is 0.613. The highest BCUT2D eigenvalue weighted by Crippen LogP contribution is 2.37. The number of fused-ring (bicyclic) bond motifs is 1. The van der Waals surface area contributed by atoms with Gasteiger partial charge in [0.2, 0.25) is 11.8 Å². The Balaban J connectivity index is 1.42. The second-order valence-electron chi connectivity index (χ2n) is 10.8. The van der Waals surface area contributed by atoms with Gasteiger partial charge < -0.3 is 28.6 Å². The van der Waals surface area contributed by atoms with E-state index in [2.05, 4.69) is 27.3 Å². The Kier molecular flexibility index (Phi) is 13.4. The Morgan fingerprint density at radius 1 is 1.09 bits per heavy atom. The molecule has 2 heterocycles. The minimum Gasteiger partial charge on any atom is -0.476 e. The lowest BCUT2D eigenvalue weighted by Crippen LogP contribution is -2.36. The van der Waals surface area contributed by atoms with Gasteiger partial charge in [0.05, 0.1) is 25.6 Å². The topological polar surface area (TPSA) is 131 Å². The predicted molar refractivity (Wildman–Crippen MR) is 171 cm³/mol. The number of ether oxygens (including phenoxy) is 3. The van der Waals surface area contributed by atoms with Gasteiger partial charge in [-0.2, -0.15) is 9.97 Å². The van der Waals surface area contributed by atoms with Crippen LogP contribution in [0, 0.1) is 0 Å². The van der Waals surface area contributed by atoms with Gasteiger partial charge in [-0.15, -0.1) is 0 Å². The summed E-state index contributed by atoms with van der Waals surface area (Å²) < 4.78 is 32.2. The van der Waals surface area contributed by atoms with Crippen LogP contribution in [0.2, 0.25) is 0 Å². The first-order chi connectivity index (χ1) is 21.4. The second kappa shape index (κ2) is 17.4. The number of aromatic nitrogens is 4. The zero-order chi connectivity index (χ0) is 31.3. The number of hydrogen-bond acceptors (Lipinski definition) is 11. The number of benzene rings is 1. The maximum atomic E-state index is 12.9. The molecular formula is C31H47N6O6P. The van der Waals surface area contributed by atoms with Gasteiger partial charge in [-0.25, -0.2) is 10.1 Å². The molecule has 0 spiro atoms. The maximum absolute atomic E-state index is 12.9. The number of anilines is 1. The van der Waals surface area contributed by atoms with Gasteiger partial charge in [-0.1, -0.05) is 38.5 Å². The van der Waals surface area contributed by atoms with Crippen LogP contribution in [0.4, 0.5) is 5.95 Å². The normalized spacial score (nSPS) is 16.7. The van der Waals surface area contributed by atoms with Crippen molar-refractivity contribution in [2.24, 2.45) is 0 Å². The summed E-state index contributed by atoms with van der Waals surface area (Å²) in [6.07, 6.45) is 7.83. The molecule has 12 nitrogen and oxygen atoms in total. The quantitative estimate of drug-likeness (QED) is 0.117. The highest BCUT2D eigenvalue weighted by molar-refractivity contribution is 7.45. The molecular weight excluding hydrogens is 583 g/mol. The second-order valence-corrected chi connectivity index (χ2v) is 12.0. The summed E-state index contributed by atoms with van der Waals surface area (Å²) in [5.41, 5.74) is 1.19. The molecule has 4 atom stereocenters. The van der Waals surface area contributed by atoms with E-state index in [1.165, 1.54) is 6.42 Å². The maximum Gasteiger partial charge on any atom is 0.323 e. The molecule has 242 valence electrons. The van der Waals surface area contributed by atoms with Gasteiger partial charge in [-0.05, 0) is 71.4 Å². The van der Waals surface area contributed by atoms with Gasteiger partial charge in [0.1, 0.15) is 24.1 Å². The van der Waals surface area contributed by atoms with Crippen LogP contribution in [-0.2, 0) is 18.8 Å². The predicted octanol–water partition coefficient (Wildman–Crippen LogP) is 6.54. The summed E-state index contributed by atoms with van der Waals surface area (Å²) >= 11 is 0. The van der Waals surface area contributed by atoms with Gasteiger partial charge in [-0.3, -0.25) is 9.36 Å². The molecule has 0 saturated heterocycles. The van der Waals surface area contributed by atoms with Crippen molar-refractivity contribution < 1.29 is 28.1 Å². The molecule has 3 aromatic rings. The Labute approximate surface area is 261 Å². The van der Waals surface area contributed by atoms with Crippen molar-refractivity contribution >= 4 is 31.6 Å². The van der Waals surface area contributed by atoms with Crippen molar-refractivity contribution in [3.63, 3.8) is 0 Å². The molecule has 44 heavy (non-hydrogen) atoms. The van der Waals surface area contributed by atoms with Crippen LogP contribution in [0.15, 0.2) is 36.7 Å². The molecule has 4 unspecified atom stereocenters. The molecule has 1 fully saturated rings. The van der Waals surface area contributed by atoms with Crippen LogP contribution in [-0.4, -0.2) is 63.5 Å². The van der Waals surface area contributed by atoms with E-state index in [-0.39, 0.29) is 24.8 Å². The number of imidazole rings is 1. The number of nitrogens with zero attached hydrogens (tertiary/aromatic N) is 4. The number of esters is 1. The van der Waals surface area contributed by atoms with E-state index in [0.717, 1.165) is 38.6 Å². The van der Waals surface area contributed by atoms with E-state index in [1.807, 2.05) is 55.7 Å². The summed E-state index contributed by atoms with van der Waals surface area (Å²) in [5.74, 6) is 1.26. The molecule has 4 rings (SSSR count). The number of rotatable bonds is 18. The molecule has 13 heteroatoms. The van der Waals surface area contributed by atoms with Crippen LogP contribution in [0.5, 0.6) is 11.6 Å². The lowest BCUT2D eigenvalue weighted by Gasteiger charge is -2.27. The Morgan fingerprint density at radius 3 is 2.57 bits per heavy atom. The number of nitrogens with one attached hydrogen (secondary N) is 2. The van der Waals surface area contributed by atoms with Crippen LogP contribution in [0.1, 0.15) is 85.8 Å². The van der Waals surface area contributed by atoms with Crippen molar-refractivity contribution in [3.8, 4) is 11.6 Å². The molecule has 1 aliphatic carbocycles. The monoisotopic (exact) mass is 630 g/mol. The van der Waals surface area contributed by atoms with Gasteiger partial charge in [0.25, 0.3) is 0 Å². The number of carbonyl (C=O) groups is 1. The average Bonchev–Trinajstić information content (AvgIpc) is 3.47. The van der Waals surface area contributed by atoms with Crippen molar-refractivity contribution in [3.05, 3.63) is 36.7 Å². The van der Waals surface area contributed by atoms with E-state index in [1.54, 1.807) is 13.3 Å². The van der Waals surface area contributed by atoms with E-state index in [9.17, 15) is 4.79 Å². The van der Waals surface area contributed by atoms with E-state index >= 15 is 0 Å². The minimum absolute atomic E-state index is 0.0188. The third kappa shape index (κ3) is 9.72. The lowest BCUT2D eigenvalue weighted by molar-refractivity contribution is -0.152. The van der Waals surface area contributed by atoms with Crippen molar-refractivity contribution in [2.45, 2.75) is 104 Å². The summed E-state index contributed by atoms with van der Waals surface area (Å²) in [5, 5.41) is 6.45. The third-order valence-electron chi connectivity index (χ3n) is 7.24. The highest BCUT2D eigenvalue weighted by Gasteiger charge is 2.27. The van der Waals surface area contributed by atoms with Gasteiger partial charge >= 0.3 is 14.5 Å². The molecule has 0 aliphatic heterocycles. The SMILES string of the molecule is CCCNc1nc(OCC)c2ncn(C(C)OC(CC)COP(NC(C)C(=O)OC3CCCCC3)Oc3ccccc3)c2n1. The lowest BCUT2D eigenvalue weighted by atomic mass is 9.98. The number of hydrogen-bond donors (Lipinski definition) is 2. The first-order valence-corrected chi connectivity index (χ1v) is 17.0. The Hall–Kier alpha value is -3.05. The Bertz CT molecular complexity index is 1290. The van der Waals surface area contributed by atoms with E-state index in [0.29, 0.717) is 41.8 Å². The Morgan fingerprint density at radius 2 is 1.86 bits per heavy atom. The first kappa shape index (κ1) is 33.8. The van der Waals surface area contributed by atoms with Gasteiger partial charge in [0, 0.05) is 6.54 Å². The van der Waals surface area contributed by atoms with Gasteiger partial charge in [0.15, 0.2) is 11.2 Å². The molecule has 1 aliphatic rings. The number of carbonyl (C=O) groups excluding carboxylic acids is 1. The third-order valence-corrected chi connectivity index (χ3v) is 8.60. The van der Waals surface area contributed by atoms with Crippen molar-refractivity contribution in [1.82, 2.24) is 24.6 Å². The van der Waals surface area contributed by atoms with Crippen LogP contribution >= 0.6 is 8.53 Å². The average molecular weight is 631 g/mol. The summed E-state index contributed by atoms with van der Waals surface area (Å²) in [6.45, 7) is 11.2. The first-order valence-electron chi connectivity index (χ1n) is 15.8. The standard InChI is InChI=1S/C31H47N6O6P/c1-6-19-32-31-34-28-27(29(35-31)39-8-3)33-21-37(28)23(5)41-24(7-2)20-40-44(43-26-17-13-10-14-18-26)36-22(4)30(38)42-25-15-11-9-12-16-25/h10,13-14,17-18,21-25,36H,6-9,11-12,15-16,19-20H2,1-5H3,(H,32,34,35). The molecule has 1 aromatic carbocycles. The molecule has 0 bridgehead atoms. The van der Waals surface area contributed by atoms with Crippen molar-refractivity contribution in [1.29, 1.82) is 0 Å². The fourth-order valence-electron chi connectivity index (χ4n) is 4.79. The van der Waals surface area contributed by atoms with E-state index < -0.39 is 20.8 Å². The molecule has 0 radical (unpaired) electrons. The largest absolute Gasteiger partial charge is 0.476 e. The summed E-state index contributed by atoms with van der Waals surface area (Å²) in [6, 6.07) is 8.81.